The average Bonchev–Trinajstić information content (AvgIpc) is 2.55. The Morgan fingerprint density at radius 2 is 1.87 bits per heavy atom. The highest BCUT2D eigenvalue weighted by Crippen LogP contribution is 2.16. The molecule has 5 nitrogen and oxygen atoms in total. The van der Waals surface area contributed by atoms with Gasteiger partial charge in [-0.05, 0) is 31.2 Å². The summed E-state index contributed by atoms with van der Waals surface area (Å²) in [4.78, 5) is 23.8. The first kappa shape index (κ1) is 16.5. The molecule has 0 aliphatic rings. The second-order valence-electron chi connectivity index (χ2n) is 5.16. The number of ether oxygens (including phenoxy) is 1. The zero-order valence-corrected chi connectivity index (χ0v) is 13.3. The van der Waals surface area contributed by atoms with Crippen LogP contribution in [0.5, 0.6) is 5.75 Å². The van der Waals surface area contributed by atoms with E-state index in [1.54, 1.807) is 37.4 Å². The summed E-state index contributed by atoms with van der Waals surface area (Å²) in [6.07, 6.45) is 0.203. The predicted molar refractivity (Wildman–Crippen MR) is 89.8 cm³/mol. The maximum atomic E-state index is 12.0. The Hall–Kier alpha value is -2.82. The third-order valence-electron chi connectivity index (χ3n) is 3.27. The molecule has 0 aliphatic carbocycles. The molecule has 0 heterocycles. The van der Waals surface area contributed by atoms with Gasteiger partial charge in [-0.15, -0.1) is 0 Å². The van der Waals surface area contributed by atoms with Crippen molar-refractivity contribution in [2.24, 2.45) is 0 Å². The zero-order valence-electron chi connectivity index (χ0n) is 13.3. The van der Waals surface area contributed by atoms with Crippen molar-refractivity contribution in [2.45, 2.75) is 13.3 Å². The van der Waals surface area contributed by atoms with Crippen LogP contribution in [-0.4, -0.2) is 25.5 Å². The van der Waals surface area contributed by atoms with Crippen LogP contribution >= 0.6 is 0 Å². The third-order valence-corrected chi connectivity index (χ3v) is 3.27. The Balaban J connectivity index is 1.79. The first-order chi connectivity index (χ1) is 11.1. The number of anilines is 1. The van der Waals surface area contributed by atoms with E-state index < -0.39 is 0 Å². The van der Waals surface area contributed by atoms with Crippen molar-refractivity contribution in [1.82, 2.24) is 5.32 Å². The molecule has 0 saturated carbocycles. The van der Waals surface area contributed by atoms with Gasteiger partial charge in [0.1, 0.15) is 5.75 Å². The highest BCUT2D eigenvalue weighted by atomic mass is 16.5. The Labute approximate surface area is 135 Å². The summed E-state index contributed by atoms with van der Waals surface area (Å²) in [7, 11) is 1.57. The van der Waals surface area contributed by atoms with Crippen molar-refractivity contribution in [3.05, 3.63) is 59.7 Å². The van der Waals surface area contributed by atoms with E-state index in [0.717, 1.165) is 5.56 Å². The summed E-state index contributed by atoms with van der Waals surface area (Å²) in [6.45, 7) is 2.21. The molecule has 0 bridgehead atoms. The molecule has 0 unspecified atom stereocenters. The van der Waals surface area contributed by atoms with E-state index in [4.69, 9.17) is 4.74 Å². The maximum Gasteiger partial charge on any atom is 0.251 e. The summed E-state index contributed by atoms with van der Waals surface area (Å²) in [5.74, 6) is 0.334. The number of nitrogens with one attached hydrogen (secondary N) is 2. The molecule has 2 rings (SSSR count). The molecule has 0 radical (unpaired) electrons. The van der Waals surface area contributed by atoms with Gasteiger partial charge in [0.2, 0.25) is 5.91 Å². The minimum atomic E-state index is -0.178. The van der Waals surface area contributed by atoms with Crippen LogP contribution in [0.4, 0.5) is 5.69 Å². The average molecular weight is 312 g/mol. The standard InChI is InChI=1S/C18H20N2O3/c1-13-5-3-6-14(11-13)18(22)19-10-9-17(21)20-15-7-4-8-16(12-15)23-2/h3-8,11-12H,9-10H2,1-2H3,(H,19,22)(H,20,21). The van der Waals surface area contributed by atoms with Gasteiger partial charge >= 0.3 is 0 Å². The van der Waals surface area contributed by atoms with E-state index in [1.807, 2.05) is 25.1 Å². The summed E-state index contributed by atoms with van der Waals surface area (Å²) in [5.41, 5.74) is 2.28. The van der Waals surface area contributed by atoms with Gasteiger partial charge < -0.3 is 15.4 Å². The second-order valence-corrected chi connectivity index (χ2v) is 5.16. The monoisotopic (exact) mass is 312 g/mol. The van der Waals surface area contributed by atoms with Crippen molar-refractivity contribution in [3.8, 4) is 5.75 Å². The van der Waals surface area contributed by atoms with Crippen LogP contribution in [0, 0.1) is 6.92 Å². The number of aryl methyl sites for hydroxylation is 1. The highest BCUT2D eigenvalue weighted by Gasteiger charge is 2.07. The predicted octanol–water partition coefficient (Wildman–Crippen LogP) is 2.76. The largest absolute Gasteiger partial charge is 0.497 e. The van der Waals surface area contributed by atoms with Crippen molar-refractivity contribution >= 4 is 17.5 Å². The lowest BCUT2D eigenvalue weighted by Crippen LogP contribution is -2.27. The van der Waals surface area contributed by atoms with Crippen LogP contribution in [0.15, 0.2) is 48.5 Å². The van der Waals surface area contributed by atoms with Crippen molar-refractivity contribution in [1.29, 1.82) is 0 Å². The van der Waals surface area contributed by atoms with E-state index in [1.165, 1.54) is 0 Å². The van der Waals surface area contributed by atoms with Crippen LogP contribution in [0.3, 0.4) is 0 Å². The van der Waals surface area contributed by atoms with Crippen LogP contribution in [0.2, 0.25) is 0 Å². The molecule has 0 saturated heterocycles. The van der Waals surface area contributed by atoms with Gasteiger partial charge in [-0.25, -0.2) is 0 Å². The Morgan fingerprint density at radius 3 is 2.61 bits per heavy atom. The number of rotatable bonds is 6. The van der Waals surface area contributed by atoms with Crippen LogP contribution in [-0.2, 0) is 4.79 Å². The zero-order chi connectivity index (χ0) is 16.7. The first-order valence-electron chi connectivity index (χ1n) is 7.37. The second kappa shape index (κ2) is 7.98. The fourth-order valence-electron chi connectivity index (χ4n) is 2.10. The summed E-state index contributed by atoms with van der Waals surface area (Å²) in [6, 6.07) is 14.4. The lowest BCUT2D eigenvalue weighted by Gasteiger charge is -2.08. The topological polar surface area (TPSA) is 67.4 Å². The minimum absolute atomic E-state index is 0.164. The normalized spacial score (nSPS) is 10.0. The SMILES string of the molecule is COc1cccc(NC(=O)CCNC(=O)c2cccc(C)c2)c1. The minimum Gasteiger partial charge on any atom is -0.497 e. The molecule has 2 aromatic carbocycles. The maximum absolute atomic E-state index is 12.0. The molecule has 0 spiro atoms. The van der Waals surface area contributed by atoms with Gasteiger partial charge in [-0.3, -0.25) is 9.59 Å². The molecule has 2 aromatic rings. The van der Waals surface area contributed by atoms with E-state index in [-0.39, 0.29) is 24.8 Å². The van der Waals surface area contributed by atoms with Crippen molar-refractivity contribution in [2.75, 3.05) is 19.0 Å². The molecule has 2 N–H and O–H groups in total. The number of carbonyl (C=O) groups excluding carboxylic acids is 2. The number of benzene rings is 2. The van der Waals surface area contributed by atoms with Gasteiger partial charge in [-0.1, -0.05) is 23.8 Å². The van der Waals surface area contributed by atoms with Crippen LogP contribution in [0.1, 0.15) is 22.3 Å². The molecule has 0 aromatic heterocycles. The smallest absolute Gasteiger partial charge is 0.251 e. The highest BCUT2D eigenvalue weighted by molar-refractivity contribution is 5.95. The molecule has 0 fully saturated rings. The molecule has 23 heavy (non-hydrogen) atoms. The molecule has 2 amide bonds. The van der Waals surface area contributed by atoms with Crippen LogP contribution in [0.25, 0.3) is 0 Å². The van der Waals surface area contributed by atoms with E-state index >= 15 is 0 Å². The van der Waals surface area contributed by atoms with Gasteiger partial charge in [0.25, 0.3) is 5.91 Å². The molecular weight excluding hydrogens is 292 g/mol. The van der Waals surface area contributed by atoms with Gasteiger partial charge in [-0.2, -0.15) is 0 Å². The number of carbonyl (C=O) groups is 2. The summed E-state index contributed by atoms with van der Waals surface area (Å²) >= 11 is 0. The number of hydrogen-bond donors (Lipinski definition) is 2. The Bertz CT molecular complexity index is 698. The molecule has 0 atom stereocenters. The quantitative estimate of drug-likeness (QED) is 0.862. The fraction of sp³-hybridized carbons (Fsp3) is 0.222. The van der Waals surface area contributed by atoms with E-state index in [9.17, 15) is 9.59 Å². The van der Waals surface area contributed by atoms with Gasteiger partial charge in [0.15, 0.2) is 0 Å². The molecule has 0 aliphatic heterocycles. The van der Waals surface area contributed by atoms with Gasteiger partial charge in [0, 0.05) is 30.3 Å². The van der Waals surface area contributed by atoms with Crippen molar-refractivity contribution < 1.29 is 14.3 Å². The lowest BCUT2D eigenvalue weighted by molar-refractivity contribution is -0.116. The number of methoxy groups -OCH3 is 1. The number of hydrogen-bond acceptors (Lipinski definition) is 3. The molecule has 5 heteroatoms. The Kier molecular flexibility index (Phi) is 5.74. The number of amides is 2. The fourth-order valence-corrected chi connectivity index (χ4v) is 2.10. The third kappa shape index (κ3) is 5.14. The molecular formula is C18H20N2O3. The van der Waals surface area contributed by atoms with E-state index in [0.29, 0.717) is 17.0 Å². The molecule has 120 valence electrons. The lowest BCUT2D eigenvalue weighted by atomic mass is 10.1. The van der Waals surface area contributed by atoms with Gasteiger partial charge in [0.05, 0.1) is 7.11 Å². The first-order valence-corrected chi connectivity index (χ1v) is 7.37. The summed E-state index contributed by atoms with van der Waals surface area (Å²) < 4.78 is 5.10. The summed E-state index contributed by atoms with van der Waals surface area (Å²) in [5, 5.41) is 5.51. The van der Waals surface area contributed by atoms with E-state index in [2.05, 4.69) is 10.6 Å². The van der Waals surface area contributed by atoms with Crippen molar-refractivity contribution in [3.63, 3.8) is 0 Å². The Morgan fingerprint density at radius 1 is 1.09 bits per heavy atom. The van der Waals surface area contributed by atoms with Crippen LogP contribution < -0.4 is 15.4 Å².